The van der Waals surface area contributed by atoms with Gasteiger partial charge in [0, 0.05) is 26.2 Å². The van der Waals surface area contributed by atoms with Crippen molar-refractivity contribution in [3.8, 4) is 0 Å². The molecule has 0 fully saturated rings. The van der Waals surface area contributed by atoms with Crippen molar-refractivity contribution in [2.45, 2.75) is 126 Å². The molecule has 0 aromatic carbocycles. The Morgan fingerprint density at radius 3 is 1.18 bits per heavy atom. The zero-order chi connectivity index (χ0) is 28.3. The number of unbranched alkanes of at least 4 members (excludes halogenated alkanes) is 3. The lowest BCUT2D eigenvalue weighted by atomic mass is 10.2. The van der Waals surface area contributed by atoms with E-state index in [4.69, 9.17) is 9.84 Å². The lowest BCUT2D eigenvalue weighted by Crippen LogP contribution is -2.19. The van der Waals surface area contributed by atoms with Crippen LogP contribution in [0.2, 0.25) is 0 Å². The summed E-state index contributed by atoms with van der Waals surface area (Å²) in [4.78, 5) is 2.36. The van der Waals surface area contributed by atoms with Gasteiger partial charge in [-0.1, -0.05) is 88.0 Å². The highest BCUT2D eigenvalue weighted by Gasteiger charge is 2.22. The molecule has 0 saturated heterocycles. The van der Waals surface area contributed by atoms with Crippen LogP contribution in [0.3, 0.4) is 0 Å². The molecule has 0 atom stereocenters. The Labute approximate surface area is 213 Å². The van der Waals surface area contributed by atoms with Crippen LogP contribution in [-0.2, 0) is 4.74 Å². The maximum atomic E-state index is 10.8. The Morgan fingerprint density at radius 1 is 0.735 bits per heavy atom. The Kier molecular flexibility index (Phi) is 63.0. The van der Waals surface area contributed by atoms with Crippen molar-refractivity contribution in [3.63, 3.8) is 0 Å². The van der Waals surface area contributed by atoms with Gasteiger partial charge in [0.05, 0.1) is 0 Å². The van der Waals surface area contributed by atoms with Crippen LogP contribution in [0.25, 0.3) is 0 Å². The average Bonchev–Trinajstić information content (AvgIpc) is 2.81. The van der Waals surface area contributed by atoms with Crippen molar-refractivity contribution in [3.05, 3.63) is 13.2 Å². The second-order valence-electron chi connectivity index (χ2n) is 8.17. The predicted molar refractivity (Wildman–Crippen MR) is 149 cm³/mol. The quantitative estimate of drug-likeness (QED) is 0.212. The molecule has 0 heterocycles. The van der Waals surface area contributed by atoms with Gasteiger partial charge in [0.15, 0.2) is 0 Å². The van der Waals surface area contributed by atoms with Gasteiger partial charge in [-0.25, -0.2) is 0 Å². The zero-order valence-electron chi connectivity index (χ0n) is 24.8. The average molecular weight is 504 g/mol. The van der Waals surface area contributed by atoms with Crippen molar-refractivity contribution >= 4 is 0 Å². The van der Waals surface area contributed by atoms with E-state index in [0.717, 1.165) is 33.0 Å². The fraction of sp³-hybridized carbons (Fsp3) is 0.929. The van der Waals surface area contributed by atoms with Gasteiger partial charge in [-0.2, -0.15) is 13.2 Å². The molecule has 1 N–H and O–H groups in total. The van der Waals surface area contributed by atoms with Crippen molar-refractivity contribution in [1.29, 1.82) is 0 Å². The minimum absolute atomic E-state index is 0.306. The summed E-state index contributed by atoms with van der Waals surface area (Å²) < 4.78 is 37.5. The van der Waals surface area contributed by atoms with Crippen LogP contribution in [0.5, 0.6) is 0 Å². The van der Waals surface area contributed by atoms with E-state index in [2.05, 4.69) is 66.6 Å². The van der Waals surface area contributed by atoms with Crippen LogP contribution in [0, 0.1) is 5.92 Å². The van der Waals surface area contributed by atoms with E-state index in [1.54, 1.807) is 0 Å². The molecule has 0 rings (SSSR count). The van der Waals surface area contributed by atoms with Gasteiger partial charge < -0.3 is 14.7 Å². The summed E-state index contributed by atoms with van der Waals surface area (Å²) in [5, 5.41) is 8.14. The molecule has 0 amide bonds. The molecule has 34 heavy (non-hydrogen) atoms. The maximum Gasteiger partial charge on any atom is 0.388 e. The first-order chi connectivity index (χ1) is 16.0. The minimum Gasteiger partial charge on any atom is -0.396 e. The number of hydrogen-bond acceptors (Lipinski definition) is 3. The Morgan fingerprint density at radius 2 is 1.03 bits per heavy atom. The first kappa shape index (κ1) is 46.7. The molecule has 6 heteroatoms. The molecule has 3 nitrogen and oxygen atoms in total. The number of rotatable bonds is 12. The molecule has 214 valence electrons. The van der Waals surface area contributed by atoms with Gasteiger partial charge in [0.2, 0.25) is 0 Å². The molecule has 0 aromatic rings. The third-order valence-corrected chi connectivity index (χ3v) is 3.63. The fourth-order valence-corrected chi connectivity index (χ4v) is 1.77. The lowest BCUT2D eigenvalue weighted by Gasteiger charge is -2.12. The molecule has 0 spiro atoms. The molecule has 0 saturated carbocycles. The van der Waals surface area contributed by atoms with Gasteiger partial charge >= 0.3 is 6.18 Å². The third-order valence-electron chi connectivity index (χ3n) is 3.63. The molecule has 0 radical (unpaired) electrons. The minimum atomic E-state index is -3.96. The van der Waals surface area contributed by atoms with Crippen LogP contribution in [0.15, 0.2) is 13.2 Å². The molecule has 0 aromatic heterocycles. The van der Waals surface area contributed by atoms with Gasteiger partial charge in [0.25, 0.3) is 0 Å². The number of hydrogen-bond donors (Lipinski definition) is 1. The SMILES string of the molecule is C=C.CC(C)CO.CCC(F)(F)F.CCCCCC.CCCN(C)CCC.CCCOCCC. The summed E-state index contributed by atoms with van der Waals surface area (Å²) in [6.45, 7) is 28.8. The molecule has 0 aliphatic rings. The first-order valence-corrected chi connectivity index (χ1v) is 13.4. The van der Waals surface area contributed by atoms with Crippen molar-refractivity contribution in [2.75, 3.05) is 40.0 Å². The van der Waals surface area contributed by atoms with Crippen LogP contribution in [0.4, 0.5) is 13.2 Å². The number of aliphatic hydroxyl groups is 1. The van der Waals surface area contributed by atoms with Crippen LogP contribution >= 0.6 is 0 Å². The number of nitrogens with zero attached hydrogens (tertiary/aromatic N) is 1. The zero-order valence-corrected chi connectivity index (χ0v) is 24.8. The van der Waals surface area contributed by atoms with E-state index >= 15 is 0 Å². The van der Waals surface area contributed by atoms with E-state index in [9.17, 15) is 13.2 Å². The molecule has 0 aliphatic heterocycles. The van der Waals surface area contributed by atoms with E-state index in [-0.39, 0.29) is 0 Å². The molecule has 0 bridgehead atoms. The van der Waals surface area contributed by atoms with E-state index < -0.39 is 12.6 Å². The highest BCUT2D eigenvalue weighted by molar-refractivity contribution is 4.45. The smallest absolute Gasteiger partial charge is 0.388 e. The summed E-state index contributed by atoms with van der Waals surface area (Å²) in [7, 11) is 2.17. The van der Waals surface area contributed by atoms with Gasteiger partial charge in [-0.15, -0.1) is 13.2 Å². The monoisotopic (exact) mass is 503 g/mol. The second-order valence-corrected chi connectivity index (χ2v) is 8.17. The number of aliphatic hydroxyl groups excluding tert-OH is 1. The number of ether oxygens (including phenoxy) is 1. The van der Waals surface area contributed by atoms with E-state index in [1.165, 1.54) is 51.6 Å². The standard InChI is InChI=1S/C7H17N.C6H14O.C6H14.C4H10O.C3H5F3.C2H4/c1-4-6-8(3)7-5-2;1-3-5-7-6-4-2;1-3-5-6-4-2;1-4(2)3-5;1-2-3(4,5)6;1-2/h4-7H2,1-3H3;3-6H2,1-2H3;3-6H2,1-2H3;4-5H,3H2,1-2H3;2H2,1H3;1-2H2. The summed E-state index contributed by atoms with van der Waals surface area (Å²) in [6.07, 6.45) is 5.68. The molecular formula is C28H64F3NO2. The first-order valence-electron chi connectivity index (χ1n) is 13.4. The third kappa shape index (κ3) is 95.8. The van der Waals surface area contributed by atoms with Crippen LogP contribution < -0.4 is 0 Å². The molecule has 0 aliphatic carbocycles. The van der Waals surface area contributed by atoms with Gasteiger partial charge in [-0.3, -0.25) is 0 Å². The van der Waals surface area contributed by atoms with Gasteiger partial charge in [0.1, 0.15) is 0 Å². The molecule has 0 unspecified atom stereocenters. The van der Waals surface area contributed by atoms with Crippen molar-refractivity contribution in [1.82, 2.24) is 4.90 Å². The van der Waals surface area contributed by atoms with E-state index in [0.29, 0.717) is 12.5 Å². The van der Waals surface area contributed by atoms with E-state index in [1.807, 2.05) is 13.8 Å². The topological polar surface area (TPSA) is 32.7 Å². The highest BCUT2D eigenvalue weighted by Crippen LogP contribution is 2.17. The normalized spacial score (nSPS) is 9.65. The second kappa shape index (κ2) is 45.8. The summed E-state index contributed by atoms with van der Waals surface area (Å²) >= 11 is 0. The maximum absolute atomic E-state index is 10.8. The van der Waals surface area contributed by atoms with Crippen molar-refractivity contribution in [2.24, 2.45) is 5.92 Å². The molecular weight excluding hydrogens is 439 g/mol. The van der Waals surface area contributed by atoms with Crippen LogP contribution in [0.1, 0.15) is 120 Å². The Hall–Kier alpha value is -0.590. The lowest BCUT2D eigenvalue weighted by molar-refractivity contribution is -0.130. The van der Waals surface area contributed by atoms with Crippen LogP contribution in [-0.4, -0.2) is 56.1 Å². The highest BCUT2D eigenvalue weighted by atomic mass is 19.4. The largest absolute Gasteiger partial charge is 0.396 e. The Bertz CT molecular complexity index is 275. The predicted octanol–water partition coefficient (Wildman–Crippen LogP) is 9.54. The number of alkyl halides is 3. The Balaban J connectivity index is -0.0000000712. The summed E-state index contributed by atoms with van der Waals surface area (Å²) in [5.74, 6) is 0.440. The summed E-state index contributed by atoms with van der Waals surface area (Å²) in [6, 6.07) is 0. The number of halogens is 3. The fourth-order valence-electron chi connectivity index (χ4n) is 1.77. The van der Waals surface area contributed by atoms with Gasteiger partial charge in [-0.05, 0) is 51.7 Å². The van der Waals surface area contributed by atoms with Crippen molar-refractivity contribution < 1.29 is 23.0 Å². The summed E-state index contributed by atoms with van der Waals surface area (Å²) in [5.41, 5.74) is 0.